The number of thiophene rings is 1. The second-order valence-corrected chi connectivity index (χ2v) is 6.49. The van der Waals surface area contributed by atoms with E-state index in [2.05, 4.69) is 4.98 Å². The van der Waals surface area contributed by atoms with Crippen molar-refractivity contribution in [2.45, 2.75) is 34.2 Å². The average molecular weight is 325 g/mol. The maximum atomic E-state index is 12.6. The highest BCUT2D eigenvalue weighted by Gasteiger charge is 2.16. The second kappa shape index (κ2) is 6.11. The quantitative estimate of drug-likeness (QED) is 0.879. The summed E-state index contributed by atoms with van der Waals surface area (Å²) in [4.78, 5) is 31.5. The Morgan fingerprint density at radius 3 is 2.52 bits per heavy atom. The monoisotopic (exact) mass is 325 g/mol. The maximum Gasteiger partial charge on any atom is 0.263 e. The molecule has 0 radical (unpaired) electrons. The number of amides is 1. The Labute approximate surface area is 132 Å². The van der Waals surface area contributed by atoms with E-state index in [1.54, 1.807) is 4.90 Å². The van der Waals surface area contributed by atoms with Crippen molar-refractivity contribution in [3.05, 3.63) is 25.6 Å². The zero-order valence-corrected chi connectivity index (χ0v) is 14.3. The number of aromatic nitrogens is 2. The SMILES string of the molecule is CCN(CC)C(=O)Cn1c(=S)[nH]c2sc(C)c(C)c2c1=O. The molecular weight excluding hydrogens is 306 g/mol. The molecule has 0 aliphatic rings. The number of likely N-dealkylation sites (N-methyl/N-ethyl adjacent to an activating group) is 1. The van der Waals surface area contributed by atoms with Gasteiger partial charge in [0.05, 0.1) is 5.39 Å². The van der Waals surface area contributed by atoms with Gasteiger partial charge >= 0.3 is 0 Å². The summed E-state index contributed by atoms with van der Waals surface area (Å²) in [5, 5.41) is 0.637. The molecule has 1 N–H and O–H groups in total. The van der Waals surface area contributed by atoms with Crippen LogP contribution in [0.4, 0.5) is 0 Å². The van der Waals surface area contributed by atoms with E-state index in [1.807, 2.05) is 27.7 Å². The Kier molecular flexibility index (Phi) is 4.63. The van der Waals surface area contributed by atoms with Crippen LogP contribution in [-0.2, 0) is 11.3 Å². The lowest BCUT2D eigenvalue weighted by molar-refractivity contribution is -0.131. The number of carbonyl (C=O) groups excluding carboxylic acids is 1. The van der Waals surface area contributed by atoms with Crippen LogP contribution in [0.3, 0.4) is 0 Å². The third-order valence-electron chi connectivity index (χ3n) is 3.72. The van der Waals surface area contributed by atoms with E-state index in [4.69, 9.17) is 12.2 Å². The lowest BCUT2D eigenvalue weighted by atomic mass is 10.2. The first kappa shape index (κ1) is 15.9. The van der Waals surface area contributed by atoms with Crippen LogP contribution >= 0.6 is 23.6 Å². The zero-order valence-electron chi connectivity index (χ0n) is 12.6. The van der Waals surface area contributed by atoms with E-state index in [0.29, 0.717) is 23.2 Å². The summed E-state index contributed by atoms with van der Waals surface area (Å²) in [6.45, 7) is 8.96. The highest BCUT2D eigenvalue weighted by atomic mass is 32.1. The van der Waals surface area contributed by atoms with Gasteiger partial charge < -0.3 is 9.88 Å². The molecule has 0 aliphatic carbocycles. The number of aromatic amines is 1. The van der Waals surface area contributed by atoms with Crippen molar-refractivity contribution in [3.8, 4) is 0 Å². The fraction of sp³-hybridized carbons (Fsp3) is 0.500. The number of nitrogens with one attached hydrogen (secondary N) is 1. The van der Waals surface area contributed by atoms with Gasteiger partial charge in [0, 0.05) is 18.0 Å². The molecule has 2 heterocycles. The molecule has 0 fully saturated rings. The van der Waals surface area contributed by atoms with Crippen molar-refractivity contribution in [1.82, 2.24) is 14.5 Å². The standard InChI is InChI=1S/C14H19N3O2S2/c1-5-16(6-2)10(18)7-17-13(19)11-8(3)9(4)21-12(11)15-14(17)20/h5-7H2,1-4H3,(H,15,20). The van der Waals surface area contributed by atoms with Gasteiger partial charge in [-0.25, -0.2) is 0 Å². The lowest BCUT2D eigenvalue weighted by Gasteiger charge is -2.19. The van der Waals surface area contributed by atoms with Crippen LogP contribution in [0.15, 0.2) is 4.79 Å². The summed E-state index contributed by atoms with van der Waals surface area (Å²) in [5.74, 6) is -0.0921. The minimum Gasteiger partial charge on any atom is -0.342 e. The van der Waals surface area contributed by atoms with Crippen molar-refractivity contribution in [2.75, 3.05) is 13.1 Å². The molecule has 2 rings (SSSR count). The van der Waals surface area contributed by atoms with Crippen molar-refractivity contribution in [3.63, 3.8) is 0 Å². The van der Waals surface area contributed by atoms with Gasteiger partial charge in [-0.2, -0.15) is 0 Å². The molecule has 0 saturated carbocycles. The van der Waals surface area contributed by atoms with Crippen molar-refractivity contribution >= 4 is 39.7 Å². The van der Waals surface area contributed by atoms with E-state index < -0.39 is 0 Å². The summed E-state index contributed by atoms with van der Waals surface area (Å²) in [5.41, 5.74) is 0.770. The van der Waals surface area contributed by atoms with Crippen LogP contribution in [0.25, 0.3) is 10.2 Å². The molecule has 0 aliphatic heterocycles. The van der Waals surface area contributed by atoms with Gasteiger partial charge in [0.2, 0.25) is 5.91 Å². The molecule has 0 saturated heterocycles. The van der Waals surface area contributed by atoms with Gasteiger partial charge in [0.15, 0.2) is 4.77 Å². The molecule has 21 heavy (non-hydrogen) atoms. The summed E-state index contributed by atoms with van der Waals surface area (Å²) < 4.78 is 1.66. The number of fused-ring (bicyclic) bond motifs is 1. The Hall–Kier alpha value is -1.47. The minimum absolute atomic E-state index is 0.0138. The maximum absolute atomic E-state index is 12.6. The molecule has 0 aromatic carbocycles. The number of rotatable bonds is 4. The molecule has 0 unspecified atom stereocenters. The van der Waals surface area contributed by atoms with Crippen molar-refractivity contribution < 1.29 is 4.79 Å². The fourth-order valence-corrected chi connectivity index (χ4v) is 3.69. The van der Waals surface area contributed by atoms with Gasteiger partial charge in [0.1, 0.15) is 11.4 Å². The molecule has 2 aromatic rings. The summed E-state index contributed by atoms with van der Waals surface area (Å²) in [6.07, 6.45) is 0. The average Bonchev–Trinajstić information content (AvgIpc) is 2.71. The number of nitrogens with zero attached hydrogens (tertiary/aromatic N) is 2. The molecule has 1 amide bonds. The van der Waals surface area contributed by atoms with Gasteiger partial charge in [-0.05, 0) is 45.5 Å². The topological polar surface area (TPSA) is 58.1 Å². The van der Waals surface area contributed by atoms with Crippen LogP contribution in [0.5, 0.6) is 0 Å². The lowest BCUT2D eigenvalue weighted by Crippen LogP contribution is -2.36. The van der Waals surface area contributed by atoms with E-state index in [0.717, 1.165) is 15.3 Å². The van der Waals surface area contributed by atoms with Gasteiger partial charge in [0.25, 0.3) is 5.56 Å². The van der Waals surface area contributed by atoms with Crippen molar-refractivity contribution in [2.24, 2.45) is 0 Å². The Bertz CT molecular complexity index is 797. The van der Waals surface area contributed by atoms with E-state index in [1.165, 1.54) is 15.9 Å². The summed E-state index contributed by atoms with van der Waals surface area (Å²) >= 11 is 6.76. The predicted octanol–water partition coefficient (Wildman–Crippen LogP) is 2.61. The van der Waals surface area contributed by atoms with E-state index in [9.17, 15) is 9.59 Å². The number of H-pyrrole nitrogens is 1. The van der Waals surface area contributed by atoms with Crippen LogP contribution in [0, 0.1) is 18.6 Å². The molecule has 0 atom stereocenters. The molecule has 114 valence electrons. The number of carbonyl (C=O) groups is 1. The summed E-state index contributed by atoms with van der Waals surface area (Å²) in [7, 11) is 0. The third-order valence-corrected chi connectivity index (χ3v) is 5.16. The first-order chi connectivity index (χ1) is 9.90. The number of hydrogen-bond acceptors (Lipinski definition) is 4. The Morgan fingerprint density at radius 1 is 1.33 bits per heavy atom. The van der Waals surface area contributed by atoms with Gasteiger partial charge in [-0.15, -0.1) is 11.3 Å². The molecule has 7 heteroatoms. The van der Waals surface area contributed by atoms with Gasteiger partial charge in [-0.3, -0.25) is 14.2 Å². The first-order valence-electron chi connectivity index (χ1n) is 6.91. The smallest absolute Gasteiger partial charge is 0.263 e. The number of aryl methyl sites for hydroxylation is 2. The molecular formula is C14H19N3O2S2. The Morgan fingerprint density at radius 2 is 1.95 bits per heavy atom. The normalized spacial score (nSPS) is 11.0. The van der Waals surface area contributed by atoms with E-state index >= 15 is 0 Å². The van der Waals surface area contributed by atoms with Crippen LogP contribution in [0.1, 0.15) is 24.3 Å². The van der Waals surface area contributed by atoms with Crippen LogP contribution in [-0.4, -0.2) is 33.4 Å². The molecule has 0 bridgehead atoms. The fourth-order valence-electron chi connectivity index (χ4n) is 2.32. The Balaban J connectivity index is 2.55. The molecule has 5 nitrogen and oxygen atoms in total. The first-order valence-corrected chi connectivity index (χ1v) is 8.13. The van der Waals surface area contributed by atoms with Gasteiger partial charge in [-0.1, -0.05) is 0 Å². The van der Waals surface area contributed by atoms with Crippen LogP contribution < -0.4 is 5.56 Å². The molecule has 0 spiro atoms. The van der Waals surface area contributed by atoms with Crippen molar-refractivity contribution in [1.29, 1.82) is 0 Å². The largest absolute Gasteiger partial charge is 0.342 e. The molecule has 2 aromatic heterocycles. The summed E-state index contributed by atoms with van der Waals surface area (Å²) in [6, 6.07) is 0. The third kappa shape index (κ3) is 2.80. The minimum atomic E-state index is -0.184. The highest BCUT2D eigenvalue weighted by molar-refractivity contribution is 7.71. The predicted molar refractivity (Wildman–Crippen MR) is 88.7 cm³/mol. The van der Waals surface area contributed by atoms with Crippen LogP contribution in [0.2, 0.25) is 0 Å². The number of hydrogen-bond donors (Lipinski definition) is 1. The zero-order chi connectivity index (χ0) is 15.7. The van der Waals surface area contributed by atoms with E-state index in [-0.39, 0.29) is 18.0 Å². The second-order valence-electron chi connectivity index (χ2n) is 4.87. The highest BCUT2D eigenvalue weighted by Crippen LogP contribution is 2.25.